The van der Waals surface area contributed by atoms with Crippen LogP contribution >= 0.6 is 0 Å². The molecule has 2 aliphatic rings. The van der Waals surface area contributed by atoms with Gasteiger partial charge in [-0.2, -0.15) is 0 Å². The molecule has 0 radical (unpaired) electrons. The van der Waals surface area contributed by atoms with Crippen molar-refractivity contribution in [2.45, 2.75) is 70.5 Å². The van der Waals surface area contributed by atoms with Crippen LogP contribution < -0.4 is 15.5 Å². The maximum Gasteiger partial charge on any atom is 0.307 e. The lowest BCUT2D eigenvalue weighted by Crippen LogP contribution is -2.43. The zero-order valence-corrected chi connectivity index (χ0v) is 18.8. The maximum atomic E-state index is 13.6. The molecule has 1 saturated carbocycles. The van der Waals surface area contributed by atoms with Crippen LogP contribution in [0.15, 0.2) is 48.5 Å². The highest BCUT2D eigenvalue weighted by molar-refractivity contribution is 5.96. The zero-order chi connectivity index (χ0) is 22.6. The van der Waals surface area contributed by atoms with Crippen LogP contribution in [0.25, 0.3) is 0 Å². The van der Waals surface area contributed by atoms with Crippen LogP contribution in [0, 0.1) is 5.92 Å². The molecular formula is C26H33N3O3. The average Bonchev–Trinajstić information content (AvgIpc) is 3.14. The Morgan fingerprint density at radius 3 is 2.44 bits per heavy atom. The molecule has 0 bridgehead atoms. The minimum absolute atomic E-state index is 0.0143. The van der Waals surface area contributed by atoms with Crippen LogP contribution in [0.1, 0.15) is 63.9 Å². The molecule has 1 amide bonds. The SMILES string of the molecule is CCCC1(CC(=O)O)Nc2ccc(N(Cc3ccccc3)C(=O)C3CCCCC3)cc2N1. The second kappa shape index (κ2) is 9.63. The summed E-state index contributed by atoms with van der Waals surface area (Å²) in [6.07, 6.45) is 6.87. The van der Waals surface area contributed by atoms with Gasteiger partial charge in [0.1, 0.15) is 5.66 Å². The molecule has 1 atom stereocenters. The summed E-state index contributed by atoms with van der Waals surface area (Å²) < 4.78 is 0. The molecule has 6 nitrogen and oxygen atoms in total. The van der Waals surface area contributed by atoms with Gasteiger partial charge in [-0.3, -0.25) is 9.59 Å². The highest BCUT2D eigenvalue weighted by Gasteiger charge is 2.38. The number of carboxylic acid groups (broad SMARTS) is 1. The monoisotopic (exact) mass is 435 g/mol. The molecule has 1 heterocycles. The number of carbonyl (C=O) groups excluding carboxylic acids is 1. The van der Waals surface area contributed by atoms with Crippen molar-refractivity contribution in [2.75, 3.05) is 15.5 Å². The van der Waals surface area contributed by atoms with Crippen molar-refractivity contribution in [1.29, 1.82) is 0 Å². The van der Waals surface area contributed by atoms with Gasteiger partial charge in [-0.05, 0) is 43.0 Å². The number of nitrogens with one attached hydrogen (secondary N) is 2. The molecule has 3 N–H and O–H groups in total. The molecule has 6 heteroatoms. The Hall–Kier alpha value is -3.02. The lowest BCUT2D eigenvalue weighted by atomic mass is 9.88. The molecule has 4 rings (SSSR count). The molecule has 170 valence electrons. The summed E-state index contributed by atoms with van der Waals surface area (Å²) in [5.74, 6) is -0.590. The number of fused-ring (bicyclic) bond motifs is 1. The van der Waals surface area contributed by atoms with Gasteiger partial charge in [-0.1, -0.05) is 62.9 Å². The topological polar surface area (TPSA) is 81.7 Å². The van der Waals surface area contributed by atoms with Gasteiger partial charge in [0, 0.05) is 11.6 Å². The van der Waals surface area contributed by atoms with E-state index in [1.54, 1.807) is 0 Å². The Kier molecular flexibility index (Phi) is 6.68. The third kappa shape index (κ3) is 4.90. The first-order valence-corrected chi connectivity index (χ1v) is 11.8. The number of benzene rings is 2. The standard InChI is InChI=1S/C26H33N3O3/c1-2-15-26(17-24(30)31)27-22-14-13-21(16-23(22)28-26)29(18-19-9-5-3-6-10-19)25(32)20-11-7-4-8-12-20/h3,5-6,9-10,13-14,16,20,27-28H,2,4,7-8,11-12,15,17-18H2,1H3,(H,30,31). The van der Waals surface area contributed by atoms with E-state index in [1.807, 2.05) is 60.4 Å². The van der Waals surface area contributed by atoms with Gasteiger partial charge in [-0.25, -0.2) is 0 Å². The van der Waals surface area contributed by atoms with E-state index < -0.39 is 11.6 Å². The van der Waals surface area contributed by atoms with Crippen molar-refractivity contribution in [3.8, 4) is 0 Å². The Morgan fingerprint density at radius 2 is 1.75 bits per heavy atom. The summed E-state index contributed by atoms with van der Waals surface area (Å²) in [6, 6.07) is 16.0. The van der Waals surface area contributed by atoms with Crippen molar-refractivity contribution in [1.82, 2.24) is 0 Å². The number of carbonyl (C=O) groups is 2. The number of carboxylic acids is 1. The van der Waals surface area contributed by atoms with E-state index >= 15 is 0 Å². The van der Waals surface area contributed by atoms with Crippen molar-refractivity contribution in [3.05, 3.63) is 54.1 Å². The largest absolute Gasteiger partial charge is 0.481 e. The van der Waals surface area contributed by atoms with Crippen molar-refractivity contribution >= 4 is 28.9 Å². The van der Waals surface area contributed by atoms with Crippen LogP contribution in [0.2, 0.25) is 0 Å². The highest BCUT2D eigenvalue weighted by Crippen LogP contribution is 2.41. The molecule has 0 saturated heterocycles. The smallest absolute Gasteiger partial charge is 0.307 e. The fraction of sp³-hybridized carbons (Fsp3) is 0.462. The summed E-state index contributed by atoms with van der Waals surface area (Å²) in [7, 11) is 0. The van der Waals surface area contributed by atoms with E-state index in [-0.39, 0.29) is 18.2 Å². The van der Waals surface area contributed by atoms with E-state index in [4.69, 9.17) is 0 Å². The van der Waals surface area contributed by atoms with Crippen molar-refractivity contribution in [2.24, 2.45) is 5.92 Å². The molecule has 0 aromatic heterocycles. The third-order valence-corrected chi connectivity index (χ3v) is 6.60. The van der Waals surface area contributed by atoms with E-state index in [9.17, 15) is 14.7 Å². The molecule has 1 unspecified atom stereocenters. The molecular weight excluding hydrogens is 402 g/mol. The number of hydrogen-bond acceptors (Lipinski definition) is 4. The molecule has 2 aromatic rings. The van der Waals surface area contributed by atoms with Crippen LogP contribution in [0.3, 0.4) is 0 Å². The quantitative estimate of drug-likeness (QED) is 0.502. The number of nitrogens with zero attached hydrogens (tertiary/aromatic N) is 1. The van der Waals surface area contributed by atoms with Gasteiger partial charge in [0.25, 0.3) is 0 Å². The van der Waals surface area contributed by atoms with E-state index in [2.05, 4.69) is 10.6 Å². The fourth-order valence-electron chi connectivity index (χ4n) is 5.08. The first kappa shape index (κ1) is 22.2. The summed E-state index contributed by atoms with van der Waals surface area (Å²) in [5, 5.41) is 16.3. The number of rotatable bonds is 8. The van der Waals surface area contributed by atoms with E-state index in [0.29, 0.717) is 13.0 Å². The van der Waals surface area contributed by atoms with Crippen LogP contribution in [0.5, 0.6) is 0 Å². The second-order valence-corrected chi connectivity index (χ2v) is 9.13. The predicted molar refractivity (Wildman–Crippen MR) is 128 cm³/mol. The van der Waals surface area contributed by atoms with Gasteiger partial charge in [-0.15, -0.1) is 0 Å². The van der Waals surface area contributed by atoms with Gasteiger partial charge < -0.3 is 20.6 Å². The molecule has 0 spiro atoms. The Balaban J connectivity index is 1.63. The number of aliphatic carboxylic acids is 1. The van der Waals surface area contributed by atoms with Crippen LogP contribution in [-0.2, 0) is 16.1 Å². The molecule has 32 heavy (non-hydrogen) atoms. The van der Waals surface area contributed by atoms with Crippen LogP contribution in [-0.4, -0.2) is 22.6 Å². The number of anilines is 3. The van der Waals surface area contributed by atoms with E-state index in [0.717, 1.165) is 54.7 Å². The Bertz CT molecular complexity index is 956. The van der Waals surface area contributed by atoms with Gasteiger partial charge in [0.2, 0.25) is 5.91 Å². The first-order valence-electron chi connectivity index (χ1n) is 11.8. The zero-order valence-electron chi connectivity index (χ0n) is 18.8. The fourth-order valence-corrected chi connectivity index (χ4v) is 5.08. The van der Waals surface area contributed by atoms with Gasteiger partial charge in [0.15, 0.2) is 0 Å². The second-order valence-electron chi connectivity index (χ2n) is 9.13. The molecule has 2 aromatic carbocycles. The minimum Gasteiger partial charge on any atom is -0.481 e. The number of hydrogen-bond donors (Lipinski definition) is 3. The van der Waals surface area contributed by atoms with Crippen molar-refractivity contribution in [3.63, 3.8) is 0 Å². The highest BCUT2D eigenvalue weighted by atomic mass is 16.4. The minimum atomic E-state index is -0.843. The molecule has 1 fully saturated rings. The lowest BCUT2D eigenvalue weighted by molar-refractivity contribution is -0.138. The van der Waals surface area contributed by atoms with Gasteiger partial charge >= 0.3 is 5.97 Å². The Morgan fingerprint density at radius 1 is 1.03 bits per heavy atom. The average molecular weight is 436 g/mol. The Labute approximate surface area is 190 Å². The molecule has 1 aliphatic carbocycles. The van der Waals surface area contributed by atoms with Crippen LogP contribution in [0.4, 0.5) is 17.1 Å². The summed E-state index contributed by atoms with van der Waals surface area (Å²) in [4.78, 5) is 27.0. The molecule has 1 aliphatic heterocycles. The van der Waals surface area contributed by atoms with Crippen molar-refractivity contribution < 1.29 is 14.7 Å². The van der Waals surface area contributed by atoms with E-state index in [1.165, 1.54) is 6.42 Å². The summed E-state index contributed by atoms with van der Waals surface area (Å²) in [6.45, 7) is 2.57. The summed E-state index contributed by atoms with van der Waals surface area (Å²) in [5.41, 5.74) is 2.98. The third-order valence-electron chi connectivity index (χ3n) is 6.60. The summed E-state index contributed by atoms with van der Waals surface area (Å²) >= 11 is 0. The first-order chi connectivity index (χ1) is 15.5. The predicted octanol–water partition coefficient (Wildman–Crippen LogP) is 5.61. The lowest BCUT2D eigenvalue weighted by Gasteiger charge is -2.30. The maximum absolute atomic E-state index is 13.6. The normalized spacial score (nSPS) is 20.2. The van der Waals surface area contributed by atoms with Gasteiger partial charge in [0.05, 0.1) is 24.3 Å². The number of amides is 1.